The number of aliphatic hydroxyl groups excluding tert-OH is 1. The fourth-order valence-corrected chi connectivity index (χ4v) is 4.38. The quantitative estimate of drug-likeness (QED) is 0.167. The molecule has 28 heavy (non-hydrogen) atoms. The third-order valence-corrected chi connectivity index (χ3v) is 6.42. The smallest absolute Gasteiger partial charge is 0.186 e. The zero-order valence-corrected chi connectivity index (χ0v) is 18.5. The van der Waals surface area contributed by atoms with Crippen molar-refractivity contribution in [2.45, 2.75) is 110 Å². The lowest BCUT2D eigenvalue weighted by atomic mass is 9.90. The Morgan fingerprint density at radius 2 is 1.82 bits per heavy atom. The summed E-state index contributed by atoms with van der Waals surface area (Å²) < 4.78 is 0. The summed E-state index contributed by atoms with van der Waals surface area (Å²) in [4.78, 5) is 0. The van der Waals surface area contributed by atoms with Crippen LogP contribution in [-0.4, -0.2) is 27.7 Å². The number of hydrogen-bond acceptors (Lipinski definition) is 3. The number of hydrogen-bond donors (Lipinski definition) is 3. The van der Waals surface area contributed by atoms with Gasteiger partial charge in [-0.2, -0.15) is 0 Å². The molecule has 1 aliphatic carbocycles. The molecule has 0 aromatic carbocycles. The van der Waals surface area contributed by atoms with E-state index in [9.17, 15) is 10.2 Å². The third kappa shape index (κ3) is 11.4. The Hall–Kier alpha value is -0.640. The van der Waals surface area contributed by atoms with Crippen LogP contribution >= 0.6 is 0 Å². The topological polar surface area (TPSA) is 60.7 Å². The maximum absolute atomic E-state index is 9.37. The van der Waals surface area contributed by atoms with Crippen LogP contribution in [0.2, 0.25) is 0 Å². The number of unbranched alkanes of at least 4 members (excludes halogenated alkanes) is 4. The highest BCUT2D eigenvalue weighted by Crippen LogP contribution is 2.35. The van der Waals surface area contributed by atoms with Gasteiger partial charge in [-0.15, -0.1) is 0 Å². The van der Waals surface area contributed by atoms with Gasteiger partial charge in [-0.05, 0) is 56.3 Å². The molecule has 0 radical (unpaired) electrons. The van der Waals surface area contributed by atoms with Gasteiger partial charge < -0.3 is 15.3 Å². The van der Waals surface area contributed by atoms with Crippen molar-refractivity contribution in [3.8, 4) is 0 Å². The van der Waals surface area contributed by atoms with E-state index in [2.05, 4.69) is 38.2 Å². The minimum absolute atomic E-state index is 0.222. The van der Waals surface area contributed by atoms with Gasteiger partial charge in [0.15, 0.2) is 5.79 Å². The summed E-state index contributed by atoms with van der Waals surface area (Å²) in [7, 11) is 0. The van der Waals surface area contributed by atoms with E-state index in [1.807, 2.05) is 0 Å². The van der Waals surface area contributed by atoms with Crippen molar-refractivity contribution in [1.82, 2.24) is 0 Å². The molecule has 3 nitrogen and oxygen atoms in total. The summed E-state index contributed by atoms with van der Waals surface area (Å²) in [6, 6.07) is 0. The molecule has 1 saturated carbocycles. The molecule has 1 rings (SSSR count). The first kappa shape index (κ1) is 25.4. The lowest BCUT2D eigenvalue weighted by Crippen LogP contribution is -2.32. The second-order valence-electron chi connectivity index (χ2n) is 8.88. The van der Waals surface area contributed by atoms with Crippen LogP contribution in [0.4, 0.5) is 0 Å². The molecule has 3 N–H and O–H groups in total. The van der Waals surface area contributed by atoms with Gasteiger partial charge in [-0.3, -0.25) is 0 Å². The molecule has 3 atom stereocenters. The van der Waals surface area contributed by atoms with Gasteiger partial charge in [-0.25, -0.2) is 0 Å². The van der Waals surface area contributed by atoms with Crippen LogP contribution in [0.25, 0.3) is 0 Å². The minimum atomic E-state index is -1.92. The molecule has 1 fully saturated rings. The minimum Gasteiger partial charge on any atom is -0.391 e. The molecule has 0 spiro atoms. The van der Waals surface area contributed by atoms with E-state index in [-0.39, 0.29) is 6.42 Å². The van der Waals surface area contributed by atoms with E-state index < -0.39 is 12.4 Å². The van der Waals surface area contributed by atoms with Gasteiger partial charge in [0.05, 0.1) is 6.61 Å². The monoisotopic (exact) mass is 394 g/mol. The first-order chi connectivity index (χ1) is 13.5. The highest BCUT2D eigenvalue weighted by Gasteiger charge is 2.24. The van der Waals surface area contributed by atoms with Crippen molar-refractivity contribution >= 4 is 0 Å². The van der Waals surface area contributed by atoms with E-state index in [1.54, 1.807) is 0 Å². The van der Waals surface area contributed by atoms with Crippen molar-refractivity contribution < 1.29 is 15.3 Å². The maximum atomic E-state index is 9.37. The van der Waals surface area contributed by atoms with Crippen LogP contribution in [0.5, 0.6) is 0 Å². The molecule has 0 saturated heterocycles. The van der Waals surface area contributed by atoms with E-state index in [1.165, 1.54) is 64.2 Å². The van der Waals surface area contributed by atoms with E-state index >= 15 is 0 Å². The van der Waals surface area contributed by atoms with E-state index in [0.717, 1.165) is 30.6 Å². The summed E-state index contributed by atoms with van der Waals surface area (Å²) in [6.07, 6.45) is 25.7. The molecule has 0 aliphatic heterocycles. The lowest BCUT2D eigenvalue weighted by Gasteiger charge is -2.17. The third-order valence-electron chi connectivity index (χ3n) is 6.42. The summed E-state index contributed by atoms with van der Waals surface area (Å²) >= 11 is 0. The summed E-state index contributed by atoms with van der Waals surface area (Å²) in [6.45, 7) is 4.02. The van der Waals surface area contributed by atoms with Crippen LogP contribution in [-0.2, 0) is 0 Å². The van der Waals surface area contributed by atoms with Crippen molar-refractivity contribution in [1.29, 1.82) is 0 Å². The van der Waals surface area contributed by atoms with Gasteiger partial charge in [0.25, 0.3) is 0 Å². The Bertz CT molecular complexity index is 428. The molecule has 0 aromatic rings. The van der Waals surface area contributed by atoms with Crippen LogP contribution in [0, 0.1) is 17.8 Å². The van der Waals surface area contributed by atoms with Gasteiger partial charge in [0.1, 0.15) is 0 Å². The van der Waals surface area contributed by atoms with Gasteiger partial charge >= 0.3 is 0 Å². The van der Waals surface area contributed by atoms with E-state index in [0.29, 0.717) is 6.42 Å². The van der Waals surface area contributed by atoms with Crippen LogP contribution in [0.3, 0.4) is 0 Å². The normalized spacial score (nSPS) is 21.9. The molecule has 164 valence electrons. The Morgan fingerprint density at radius 1 is 1.00 bits per heavy atom. The standard InChI is InChI=1S/C25H46O3/c1-3-5-6-9-14-22(4-2)15-12-17-24-19-13-18-23(24)16-10-7-8-11-20-25(27,28)21-26/h7,10,12,17,22-24,26-28H,3-6,8-9,11,13-16,18-21H2,1-2H3/t22-,23-,24-/m0/s1. The molecule has 0 heterocycles. The number of rotatable bonds is 16. The molecule has 0 unspecified atom stereocenters. The average molecular weight is 395 g/mol. The van der Waals surface area contributed by atoms with Crippen molar-refractivity contribution in [2.75, 3.05) is 6.61 Å². The Labute approximate surface area is 173 Å². The Morgan fingerprint density at radius 3 is 2.54 bits per heavy atom. The predicted molar refractivity (Wildman–Crippen MR) is 119 cm³/mol. The first-order valence-corrected chi connectivity index (χ1v) is 11.9. The highest BCUT2D eigenvalue weighted by atomic mass is 16.5. The molecule has 0 aromatic heterocycles. The summed E-state index contributed by atoms with van der Waals surface area (Å²) in [5.41, 5.74) is 0. The fourth-order valence-electron chi connectivity index (χ4n) is 4.38. The largest absolute Gasteiger partial charge is 0.391 e. The number of allylic oxidation sites excluding steroid dienone is 4. The molecule has 3 heteroatoms. The Kier molecular flexibility index (Phi) is 13.8. The fraction of sp³-hybridized carbons (Fsp3) is 0.840. The van der Waals surface area contributed by atoms with Crippen LogP contribution < -0.4 is 0 Å². The molecular formula is C25H46O3. The van der Waals surface area contributed by atoms with E-state index in [4.69, 9.17) is 5.11 Å². The van der Waals surface area contributed by atoms with Gasteiger partial charge in [-0.1, -0.05) is 83.1 Å². The second-order valence-corrected chi connectivity index (χ2v) is 8.88. The summed E-state index contributed by atoms with van der Waals surface area (Å²) in [5.74, 6) is 0.446. The van der Waals surface area contributed by atoms with Crippen molar-refractivity contribution in [3.63, 3.8) is 0 Å². The van der Waals surface area contributed by atoms with Crippen molar-refractivity contribution in [2.24, 2.45) is 17.8 Å². The Balaban J connectivity index is 2.26. The molecule has 0 bridgehead atoms. The SMILES string of the molecule is CCCCCC[C@H](CC)CC=C[C@H]1CCC[C@@H]1CC=CCCCC(O)(O)CO. The zero-order valence-electron chi connectivity index (χ0n) is 18.5. The van der Waals surface area contributed by atoms with Crippen LogP contribution in [0.15, 0.2) is 24.3 Å². The summed E-state index contributed by atoms with van der Waals surface area (Å²) in [5, 5.41) is 27.6. The lowest BCUT2D eigenvalue weighted by molar-refractivity contribution is -0.191. The number of aliphatic hydroxyl groups is 3. The highest BCUT2D eigenvalue weighted by molar-refractivity contribution is 4.98. The molecule has 0 amide bonds. The second kappa shape index (κ2) is 15.2. The molecule has 1 aliphatic rings. The van der Waals surface area contributed by atoms with Gasteiger partial charge in [0, 0.05) is 6.42 Å². The predicted octanol–water partition coefficient (Wildman–Crippen LogP) is 6.14. The van der Waals surface area contributed by atoms with Crippen LogP contribution in [0.1, 0.15) is 104 Å². The molecular weight excluding hydrogens is 348 g/mol. The maximum Gasteiger partial charge on any atom is 0.186 e. The van der Waals surface area contributed by atoms with Gasteiger partial charge in [0.2, 0.25) is 0 Å². The first-order valence-electron chi connectivity index (χ1n) is 11.9. The zero-order chi connectivity index (χ0) is 20.7. The van der Waals surface area contributed by atoms with Crippen molar-refractivity contribution in [3.05, 3.63) is 24.3 Å². The average Bonchev–Trinajstić information content (AvgIpc) is 3.13.